The predicted molar refractivity (Wildman–Crippen MR) is 70.1 cm³/mol. The summed E-state index contributed by atoms with van der Waals surface area (Å²) in [7, 11) is 0. The summed E-state index contributed by atoms with van der Waals surface area (Å²) in [6, 6.07) is 4.36. The molecule has 0 atom stereocenters. The highest BCUT2D eigenvalue weighted by Gasteiger charge is 2.19. The van der Waals surface area contributed by atoms with Crippen LogP contribution in [0.15, 0.2) is 16.9 Å². The van der Waals surface area contributed by atoms with Gasteiger partial charge in [-0.05, 0) is 25.3 Å². The van der Waals surface area contributed by atoms with E-state index in [-0.39, 0.29) is 5.56 Å². The molecule has 94 valence electrons. The van der Waals surface area contributed by atoms with Gasteiger partial charge in [-0.3, -0.25) is 4.79 Å². The van der Waals surface area contributed by atoms with Gasteiger partial charge in [0.25, 0.3) is 5.56 Å². The first-order chi connectivity index (χ1) is 8.27. The van der Waals surface area contributed by atoms with E-state index in [9.17, 15) is 4.79 Å². The lowest BCUT2D eigenvalue weighted by Crippen LogP contribution is -2.32. The first-order valence-corrected chi connectivity index (χ1v) is 6.71. The Labute approximate surface area is 103 Å². The van der Waals surface area contributed by atoms with E-state index in [1.807, 2.05) is 10.6 Å². The van der Waals surface area contributed by atoms with E-state index in [0.717, 1.165) is 30.5 Å². The van der Waals surface area contributed by atoms with Crippen LogP contribution in [0.3, 0.4) is 0 Å². The molecule has 3 nitrogen and oxygen atoms in total. The summed E-state index contributed by atoms with van der Waals surface area (Å²) < 4.78 is 2.02. The normalized spacial score (nSPS) is 17.3. The van der Waals surface area contributed by atoms with Gasteiger partial charge >= 0.3 is 0 Å². The molecule has 2 N–H and O–H groups in total. The smallest absolute Gasteiger partial charge is 0.255 e. The summed E-state index contributed by atoms with van der Waals surface area (Å²) >= 11 is 0. The molecule has 17 heavy (non-hydrogen) atoms. The summed E-state index contributed by atoms with van der Waals surface area (Å²) in [5.74, 6) is 0. The lowest BCUT2D eigenvalue weighted by atomic mass is 9.94. The van der Waals surface area contributed by atoms with E-state index < -0.39 is 0 Å². The third-order valence-electron chi connectivity index (χ3n) is 3.80. The van der Waals surface area contributed by atoms with Crippen LogP contribution in [0.2, 0.25) is 0 Å². The van der Waals surface area contributed by atoms with Gasteiger partial charge in [-0.15, -0.1) is 0 Å². The Morgan fingerprint density at radius 2 is 2.00 bits per heavy atom. The van der Waals surface area contributed by atoms with Crippen LogP contribution in [0.5, 0.6) is 0 Å². The Bertz CT molecular complexity index is 430. The maximum atomic E-state index is 12.4. The van der Waals surface area contributed by atoms with Crippen LogP contribution in [0, 0.1) is 0 Å². The first kappa shape index (κ1) is 12.4. The third kappa shape index (κ3) is 2.44. The molecule has 0 amide bonds. The Kier molecular flexibility index (Phi) is 4.00. The number of nitrogens with two attached hydrogens (primary N) is 1. The van der Waals surface area contributed by atoms with Crippen molar-refractivity contribution in [2.24, 2.45) is 5.73 Å². The standard InChI is InChI=1S/C14H22N2O/c1-2-12-9-8-11(10-15)14(17)16(12)13-6-4-3-5-7-13/h8-9,13H,2-7,10,15H2,1H3. The van der Waals surface area contributed by atoms with E-state index in [4.69, 9.17) is 5.73 Å². The monoisotopic (exact) mass is 234 g/mol. The second-order valence-corrected chi connectivity index (χ2v) is 4.87. The summed E-state index contributed by atoms with van der Waals surface area (Å²) in [6.45, 7) is 2.45. The van der Waals surface area contributed by atoms with Crippen molar-refractivity contribution in [1.82, 2.24) is 4.57 Å². The maximum Gasteiger partial charge on any atom is 0.255 e. The number of pyridine rings is 1. The molecule has 1 aliphatic carbocycles. The molecule has 0 bridgehead atoms. The second kappa shape index (κ2) is 5.50. The van der Waals surface area contributed by atoms with Crippen LogP contribution in [0.1, 0.15) is 56.3 Å². The molecule has 1 heterocycles. The molecule has 1 aliphatic rings. The van der Waals surface area contributed by atoms with Gasteiger partial charge in [-0.25, -0.2) is 0 Å². The SMILES string of the molecule is CCc1ccc(CN)c(=O)n1C1CCCCC1. The summed E-state index contributed by atoms with van der Waals surface area (Å²) in [5.41, 5.74) is 7.66. The molecule has 1 fully saturated rings. The number of nitrogens with zero attached hydrogens (tertiary/aromatic N) is 1. The van der Waals surface area contributed by atoms with Crippen molar-refractivity contribution >= 4 is 0 Å². The summed E-state index contributed by atoms with van der Waals surface area (Å²) in [6.07, 6.45) is 6.99. The largest absolute Gasteiger partial charge is 0.326 e. The van der Waals surface area contributed by atoms with Gasteiger partial charge < -0.3 is 10.3 Å². The molecular formula is C14H22N2O. The molecule has 1 aromatic rings. The van der Waals surface area contributed by atoms with Crippen molar-refractivity contribution in [1.29, 1.82) is 0 Å². The summed E-state index contributed by atoms with van der Waals surface area (Å²) in [4.78, 5) is 12.4. The summed E-state index contributed by atoms with van der Waals surface area (Å²) in [5, 5.41) is 0. The fourth-order valence-electron chi connectivity index (χ4n) is 2.82. The molecular weight excluding hydrogens is 212 g/mol. The molecule has 0 spiro atoms. The van der Waals surface area contributed by atoms with Crippen LogP contribution in [-0.2, 0) is 13.0 Å². The van der Waals surface area contributed by atoms with E-state index in [0.29, 0.717) is 12.6 Å². The fraction of sp³-hybridized carbons (Fsp3) is 0.643. The van der Waals surface area contributed by atoms with Crippen molar-refractivity contribution in [2.75, 3.05) is 0 Å². The molecule has 3 heteroatoms. The minimum atomic E-state index is 0.138. The second-order valence-electron chi connectivity index (χ2n) is 4.87. The van der Waals surface area contributed by atoms with Crippen LogP contribution in [-0.4, -0.2) is 4.57 Å². The highest BCUT2D eigenvalue weighted by molar-refractivity contribution is 5.17. The molecule has 0 aromatic carbocycles. The highest BCUT2D eigenvalue weighted by Crippen LogP contribution is 2.28. The predicted octanol–water partition coefficient (Wildman–Crippen LogP) is 2.37. The Hall–Kier alpha value is -1.09. The molecule has 2 rings (SSSR count). The van der Waals surface area contributed by atoms with Crippen LogP contribution < -0.4 is 11.3 Å². The number of hydrogen-bond donors (Lipinski definition) is 1. The van der Waals surface area contributed by atoms with Crippen molar-refractivity contribution in [3.05, 3.63) is 33.7 Å². The molecule has 0 unspecified atom stereocenters. The average molecular weight is 234 g/mol. The molecule has 1 aromatic heterocycles. The van der Waals surface area contributed by atoms with Crippen LogP contribution >= 0.6 is 0 Å². The lowest BCUT2D eigenvalue weighted by molar-refractivity contribution is 0.338. The van der Waals surface area contributed by atoms with Gasteiger partial charge in [-0.1, -0.05) is 32.3 Å². The van der Waals surface area contributed by atoms with E-state index in [1.165, 1.54) is 19.3 Å². The highest BCUT2D eigenvalue weighted by atomic mass is 16.1. The quantitative estimate of drug-likeness (QED) is 0.873. The van der Waals surface area contributed by atoms with Gasteiger partial charge in [0.1, 0.15) is 0 Å². The van der Waals surface area contributed by atoms with Gasteiger partial charge in [0, 0.05) is 23.8 Å². The van der Waals surface area contributed by atoms with Gasteiger partial charge in [0.05, 0.1) is 0 Å². The number of aromatic nitrogens is 1. The zero-order valence-corrected chi connectivity index (χ0v) is 10.6. The van der Waals surface area contributed by atoms with E-state index in [1.54, 1.807) is 0 Å². The number of aryl methyl sites for hydroxylation is 1. The molecule has 0 saturated heterocycles. The van der Waals surface area contributed by atoms with Crippen molar-refractivity contribution in [3.8, 4) is 0 Å². The Balaban J connectivity index is 2.44. The van der Waals surface area contributed by atoms with Crippen LogP contribution in [0.4, 0.5) is 0 Å². The molecule has 0 aliphatic heterocycles. The first-order valence-electron chi connectivity index (χ1n) is 6.71. The Morgan fingerprint density at radius 3 is 2.59 bits per heavy atom. The van der Waals surface area contributed by atoms with Crippen molar-refractivity contribution < 1.29 is 0 Å². The Morgan fingerprint density at radius 1 is 1.29 bits per heavy atom. The van der Waals surface area contributed by atoms with Crippen molar-refractivity contribution in [2.45, 2.75) is 58.0 Å². The van der Waals surface area contributed by atoms with E-state index >= 15 is 0 Å². The van der Waals surface area contributed by atoms with Gasteiger partial charge in [0.2, 0.25) is 0 Å². The maximum absolute atomic E-state index is 12.4. The number of rotatable bonds is 3. The number of hydrogen-bond acceptors (Lipinski definition) is 2. The average Bonchev–Trinajstić information content (AvgIpc) is 2.39. The third-order valence-corrected chi connectivity index (χ3v) is 3.80. The van der Waals surface area contributed by atoms with Crippen molar-refractivity contribution in [3.63, 3.8) is 0 Å². The minimum absolute atomic E-state index is 0.138. The minimum Gasteiger partial charge on any atom is -0.326 e. The van der Waals surface area contributed by atoms with Gasteiger partial charge in [-0.2, -0.15) is 0 Å². The van der Waals surface area contributed by atoms with Crippen LogP contribution in [0.25, 0.3) is 0 Å². The molecule has 0 radical (unpaired) electrons. The fourth-order valence-corrected chi connectivity index (χ4v) is 2.82. The van der Waals surface area contributed by atoms with E-state index in [2.05, 4.69) is 13.0 Å². The topological polar surface area (TPSA) is 48.0 Å². The lowest BCUT2D eigenvalue weighted by Gasteiger charge is -2.27. The molecule has 1 saturated carbocycles. The zero-order chi connectivity index (χ0) is 12.3. The zero-order valence-electron chi connectivity index (χ0n) is 10.6. The van der Waals surface area contributed by atoms with Gasteiger partial charge in [0.15, 0.2) is 0 Å².